The Balaban J connectivity index is 2.47. The molecule has 0 aromatic rings. The summed E-state index contributed by atoms with van der Waals surface area (Å²) in [4.78, 5) is 2.55. The van der Waals surface area contributed by atoms with E-state index in [2.05, 4.69) is 53.5 Å². The van der Waals surface area contributed by atoms with Gasteiger partial charge in [-0.05, 0) is 37.1 Å². The number of nitrogens with zero attached hydrogens (tertiary/aromatic N) is 1. The van der Waals surface area contributed by atoms with Crippen molar-refractivity contribution in [2.24, 2.45) is 16.2 Å². The second-order valence-electron chi connectivity index (χ2n) is 6.05. The summed E-state index contributed by atoms with van der Waals surface area (Å²) >= 11 is 0. The first-order chi connectivity index (χ1) is 5.73. The quantitative estimate of drug-likeness (QED) is 0.555. The molecule has 2 rings (SSSR count). The average Bonchev–Trinajstić information content (AvgIpc) is 2.36. The molecule has 0 aromatic heterocycles. The van der Waals surface area contributed by atoms with E-state index < -0.39 is 0 Å². The second-order valence-corrected chi connectivity index (χ2v) is 6.05. The van der Waals surface area contributed by atoms with E-state index in [1.54, 1.807) is 0 Å². The van der Waals surface area contributed by atoms with Gasteiger partial charge in [0.05, 0.1) is 0 Å². The molecule has 2 aliphatic rings. The maximum Gasteiger partial charge on any atom is 0.0132 e. The van der Waals surface area contributed by atoms with E-state index in [0.29, 0.717) is 16.2 Å². The molecule has 4 unspecified atom stereocenters. The molecule has 0 aromatic carbocycles. The van der Waals surface area contributed by atoms with Gasteiger partial charge in [0.25, 0.3) is 0 Å². The van der Waals surface area contributed by atoms with E-state index in [-0.39, 0.29) is 0 Å². The molecule has 1 heterocycles. The highest BCUT2D eigenvalue weighted by molar-refractivity contribution is 5.33. The summed E-state index contributed by atoms with van der Waals surface area (Å²) in [6, 6.07) is 1.45. The van der Waals surface area contributed by atoms with Crippen LogP contribution >= 0.6 is 0 Å². The van der Waals surface area contributed by atoms with E-state index >= 15 is 0 Å². The Hall–Kier alpha value is -0.0400. The monoisotopic (exact) mass is 181 g/mol. The summed E-state index contributed by atoms with van der Waals surface area (Å²) in [5.74, 6) is 0. The van der Waals surface area contributed by atoms with Gasteiger partial charge in [-0.2, -0.15) is 0 Å². The van der Waals surface area contributed by atoms with Crippen LogP contribution in [-0.2, 0) is 0 Å². The van der Waals surface area contributed by atoms with Crippen molar-refractivity contribution in [3.05, 3.63) is 0 Å². The number of hydrogen-bond donors (Lipinski definition) is 0. The summed E-state index contributed by atoms with van der Waals surface area (Å²) in [5.41, 5.74) is 1.56. The van der Waals surface area contributed by atoms with Crippen LogP contribution in [0.15, 0.2) is 0 Å². The van der Waals surface area contributed by atoms with Gasteiger partial charge in [0.1, 0.15) is 0 Å². The van der Waals surface area contributed by atoms with Crippen LogP contribution in [0.25, 0.3) is 0 Å². The van der Waals surface area contributed by atoms with Crippen LogP contribution in [0, 0.1) is 16.2 Å². The standard InChI is InChI=1S/C12H23N/c1-8-11(5)10(3,4)12(11,6)9(2)13(8)7/h8-9H,1-7H3. The fourth-order valence-electron chi connectivity index (χ4n) is 4.48. The molecule has 2 fully saturated rings. The Morgan fingerprint density at radius 2 is 1.15 bits per heavy atom. The van der Waals surface area contributed by atoms with Crippen LogP contribution in [0.1, 0.15) is 41.5 Å². The SMILES string of the molecule is CC1N(C)C(C)C2(C)C(C)(C)C12C. The van der Waals surface area contributed by atoms with Crippen molar-refractivity contribution in [2.45, 2.75) is 53.6 Å². The second kappa shape index (κ2) is 1.98. The largest absolute Gasteiger partial charge is 0.300 e. The van der Waals surface area contributed by atoms with Gasteiger partial charge < -0.3 is 0 Å². The number of piperidine rings is 1. The van der Waals surface area contributed by atoms with Gasteiger partial charge in [-0.25, -0.2) is 0 Å². The smallest absolute Gasteiger partial charge is 0.0132 e. The number of fused-ring (bicyclic) bond motifs is 1. The van der Waals surface area contributed by atoms with Crippen molar-refractivity contribution in [3.8, 4) is 0 Å². The summed E-state index contributed by atoms with van der Waals surface area (Å²) in [5, 5.41) is 0. The zero-order chi connectivity index (χ0) is 10.2. The fourth-order valence-corrected chi connectivity index (χ4v) is 4.48. The van der Waals surface area contributed by atoms with Crippen LogP contribution < -0.4 is 0 Å². The normalized spacial score (nSPS) is 59.3. The Morgan fingerprint density at radius 1 is 0.846 bits per heavy atom. The Morgan fingerprint density at radius 3 is 1.38 bits per heavy atom. The maximum absolute atomic E-state index is 2.55. The summed E-state index contributed by atoms with van der Waals surface area (Å²) < 4.78 is 0. The molecule has 1 saturated heterocycles. The molecule has 0 amide bonds. The van der Waals surface area contributed by atoms with Crippen molar-refractivity contribution in [1.82, 2.24) is 4.90 Å². The fraction of sp³-hybridized carbons (Fsp3) is 1.00. The molecule has 4 atom stereocenters. The summed E-state index contributed by atoms with van der Waals surface area (Å²) in [6.07, 6.45) is 0. The molecule has 1 aliphatic carbocycles. The minimum absolute atomic E-state index is 0.519. The minimum atomic E-state index is 0.519. The predicted molar refractivity (Wildman–Crippen MR) is 56.7 cm³/mol. The van der Waals surface area contributed by atoms with Gasteiger partial charge in [0.15, 0.2) is 0 Å². The van der Waals surface area contributed by atoms with Gasteiger partial charge in [-0.15, -0.1) is 0 Å². The average molecular weight is 181 g/mol. The summed E-state index contributed by atoms with van der Waals surface area (Å²) in [6.45, 7) is 14.6. The van der Waals surface area contributed by atoms with E-state index in [4.69, 9.17) is 0 Å². The molecule has 0 spiro atoms. The Kier molecular flexibility index (Phi) is 1.45. The van der Waals surface area contributed by atoms with E-state index in [1.807, 2.05) is 0 Å². The molecular formula is C12H23N. The zero-order valence-corrected chi connectivity index (χ0v) is 10.1. The van der Waals surface area contributed by atoms with Gasteiger partial charge >= 0.3 is 0 Å². The number of likely N-dealkylation sites (tertiary alicyclic amines) is 1. The van der Waals surface area contributed by atoms with Crippen molar-refractivity contribution in [3.63, 3.8) is 0 Å². The highest BCUT2D eigenvalue weighted by Crippen LogP contribution is 2.84. The Labute approximate surface area is 82.5 Å². The van der Waals surface area contributed by atoms with Crippen LogP contribution in [0.5, 0.6) is 0 Å². The molecule has 0 bridgehead atoms. The van der Waals surface area contributed by atoms with Crippen LogP contribution in [0.3, 0.4) is 0 Å². The lowest BCUT2D eigenvalue weighted by Gasteiger charge is -2.33. The van der Waals surface area contributed by atoms with E-state index in [1.165, 1.54) is 0 Å². The third kappa shape index (κ3) is 0.587. The van der Waals surface area contributed by atoms with Crippen molar-refractivity contribution < 1.29 is 0 Å². The first-order valence-electron chi connectivity index (χ1n) is 5.45. The molecule has 0 N–H and O–H groups in total. The van der Waals surface area contributed by atoms with Crippen molar-refractivity contribution in [2.75, 3.05) is 7.05 Å². The molecule has 1 heteroatoms. The predicted octanol–water partition coefficient (Wildman–Crippen LogP) is 2.76. The third-order valence-electron chi connectivity index (χ3n) is 6.51. The van der Waals surface area contributed by atoms with E-state index in [9.17, 15) is 0 Å². The first kappa shape index (κ1) is 9.51. The molecule has 1 aliphatic heterocycles. The lowest BCUT2D eigenvalue weighted by Crippen LogP contribution is -2.40. The van der Waals surface area contributed by atoms with Gasteiger partial charge in [0, 0.05) is 12.1 Å². The van der Waals surface area contributed by atoms with Crippen molar-refractivity contribution >= 4 is 0 Å². The first-order valence-corrected chi connectivity index (χ1v) is 5.45. The molecule has 0 radical (unpaired) electrons. The Bertz CT molecular complexity index is 234. The summed E-state index contributed by atoms with van der Waals surface area (Å²) in [7, 11) is 2.27. The van der Waals surface area contributed by atoms with Crippen LogP contribution in [0.4, 0.5) is 0 Å². The van der Waals surface area contributed by atoms with Crippen LogP contribution in [0.2, 0.25) is 0 Å². The lowest BCUT2D eigenvalue weighted by atomic mass is 9.90. The maximum atomic E-state index is 2.55. The molecule has 76 valence electrons. The molecule has 1 nitrogen and oxygen atoms in total. The highest BCUT2D eigenvalue weighted by atomic mass is 15.3. The van der Waals surface area contributed by atoms with Crippen molar-refractivity contribution in [1.29, 1.82) is 0 Å². The van der Waals surface area contributed by atoms with Gasteiger partial charge in [-0.3, -0.25) is 4.90 Å². The van der Waals surface area contributed by atoms with E-state index in [0.717, 1.165) is 12.1 Å². The third-order valence-corrected chi connectivity index (χ3v) is 6.51. The minimum Gasteiger partial charge on any atom is -0.300 e. The van der Waals surface area contributed by atoms with Gasteiger partial charge in [-0.1, -0.05) is 27.7 Å². The van der Waals surface area contributed by atoms with Crippen LogP contribution in [-0.4, -0.2) is 24.0 Å². The lowest BCUT2D eigenvalue weighted by molar-refractivity contribution is 0.135. The number of rotatable bonds is 0. The highest BCUT2D eigenvalue weighted by Gasteiger charge is 2.84. The topological polar surface area (TPSA) is 3.24 Å². The van der Waals surface area contributed by atoms with Gasteiger partial charge in [0.2, 0.25) is 0 Å². The molecule has 13 heavy (non-hydrogen) atoms. The zero-order valence-electron chi connectivity index (χ0n) is 10.1. The number of hydrogen-bond acceptors (Lipinski definition) is 1. The molecule has 1 saturated carbocycles. The molecular weight excluding hydrogens is 158 g/mol.